The Labute approximate surface area is 176 Å². The summed E-state index contributed by atoms with van der Waals surface area (Å²) < 4.78 is 10.9. The highest BCUT2D eigenvalue weighted by molar-refractivity contribution is 5.96. The van der Waals surface area contributed by atoms with Crippen molar-refractivity contribution < 1.29 is 19.1 Å². The van der Waals surface area contributed by atoms with Crippen LogP contribution in [-0.4, -0.2) is 18.0 Å². The lowest BCUT2D eigenvalue weighted by molar-refractivity contribution is -0.148. The Morgan fingerprint density at radius 3 is 2.20 bits per heavy atom. The Bertz CT molecular complexity index is 983. The average Bonchev–Trinajstić information content (AvgIpc) is 2.78. The predicted molar refractivity (Wildman–Crippen MR) is 117 cm³/mol. The van der Waals surface area contributed by atoms with Gasteiger partial charge >= 0.3 is 5.97 Å². The third-order valence-corrected chi connectivity index (χ3v) is 4.24. The van der Waals surface area contributed by atoms with Gasteiger partial charge in [0.15, 0.2) is 6.10 Å². The topological polar surface area (TPSA) is 64.6 Å². The molecule has 30 heavy (non-hydrogen) atoms. The van der Waals surface area contributed by atoms with Gasteiger partial charge in [-0.15, -0.1) is 0 Å². The molecular formula is C25H23NO4. The van der Waals surface area contributed by atoms with Crippen molar-refractivity contribution >= 4 is 23.6 Å². The van der Waals surface area contributed by atoms with Gasteiger partial charge in [0.05, 0.1) is 0 Å². The number of hydrogen-bond donors (Lipinski definition) is 1. The first-order chi connectivity index (χ1) is 14.6. The summed E-state index contributed by atoms with van der Waals surface area (Å²) in [5.41, 5.74) is 2.54. The smallest absolute Gasteiger partial charge is 0.331 e. The highest BCUT2D eigenvalue weighted by atomic mass is 16.5. The fourth-order valence-electron chi connectivity index (χ4n) is 2.61. The Balaban J connectivity index is 1.46. The summed E-state index contributed by atoms with van der Waals surface area (Å²) in [7, 11) is 0. The van der Waals surface area contributed by atoms with Crippen LogP contribution in [0.5, 0.6) is 5.75 Å². The molecule has 0 aliphatic heterocycles. The van der Waals surface area contributed by atoms with Crippen LogP contribution in [0.25, 0.3) is 6.08 Å². The van der Waals surface area contributed by atoms with Gasteiger partial charge in [0.25, 0.3) is 5.91 Å². The molecule has 1 amide bonds. The fourth-order valence-corrected chi connectivity index (χ4v) is 2.61. The van der Waals surface area contributed by atoms with Crippen molar-refractivity contribution in [1.82, 2.24) is 0 Å². The maximum Gasteiger partial charge on any atom is 0.331 e. The van der Waals surface area contributed by atoms with E-state index in [1.165, 1.54) is 13.0 Å². The van der Waals surface area contributed by atoms with E-state index >= 15 is 0 Å². The second-order valence-electron chi connectivity index (χ2n) is 6.61. The van der Waals surface area contributed by atoms with Crippen LogP contribution in [0.3, 0.4) is 0 Å². The van der Waals surface area contributed by atoms with Gasteiger partial charge in [-0.3, -0.25) is 4.79 Å². The third kappa shape index (κ3) is 6.63. The van der Waals surface area contributed by atoms with Crippen LogP contribution in [0.1, 0.15) is 18.1 Å². The van der Waals surface area contributed by atoms with E-state index in [4.69, 9.17) is 9.47 Å². The quantitative estimate of drug-likeness (QED) is 0.433. The van der Waals surface area contributed by atoms with E-state index < -0.39 is 18.0 Å². The minimum Gasteiger partial charge on any atom is -0.489 e. The molecule has 5 heteroatoms. The minimum atomic E-state index is -0.924. The van der Waals surface area contributed by atoms with Crippen LogP contribution in [0.2, 0.25) is 0 Å². The zero-order valence-corrected chi connectivity index (χ0v) is 16.7. The minimum absolute atomic E-state index is 0.408. The first-order valence-corrected chi connectivity index (χ1v) is 9.61. The largest absolute Gasteiger partial charge is 0.489 e. The summed E-state index contributed by atoms with van der Waals surface area (Å²) >= 11 is 0. The van der Waals surface area contributed by atoms with Crippen LogP contribution >= 0.6 is 0 Å². The van der Waals surface area contributed by atoms with E-state index in [1.807, 2.05) is 60.7 Å². The normalized spacial score (nSPS) is 11.6. The molecule has 0 aliphatic rings. The molecule has 3 rings (SSSR count). The monoisotopic (exact) mass is 401 g/mol. The fraction of sp³-hybridized carbons (Fsp3) is 0.120. The van der Waals surface area contributed by atoms with Crippen LogP contribution in [0.15, 0.2) is 91.0 Å². The molecule has 152 valence electrons. The zero-order valence-electron chi connectivity index (χ0n) is 16.7. The molecule has 3 aromatic carbocycles. The van der Waals surface area contributed by atoms with E-state index in [1.54, 1.807) is 30.3 Å². The van der Waals surface area contributed by atoms with Crippen molar-refractivity contribution in [3.8, 4) is 5.75 Å². The first kappa shape index (κ1) is 20.9. The second-order valence-corrected chi connectivity index (χ2v) is 6.61. The SMILES string of the molecule is CC(OC(=O)/C=C/c1ccccc1)C(=O)Nc1ccc(OCc2ccccc2)cc1. The maximum atomic E-state index is 12.3. The molecule has 1 atom stereocenters. The standard InChI is InChI=1S/C25H23NO4/c1-19(30-24(27)17-12-20-8-4-2-5-9-20)25(28)26-22-13-15-23(16-14-22)29-18-21-10-6-3-7-11-21/h2-17,19H,18H2,1H3,(H,26,28)/b17-12+. The van der Waals surface area contributed by atoms with Gasteiger partial charge < -0.3 is 14.8 Å². The predicted octanol–water partition coefficient (Wildman–Crippen LogP) is 4.85. The maximum absolute atomic E-state index is 12.3. The van der Waals surface area contributed by atoms with Crippen molar-refractivity contribution in [2.45, 2.75) is 19.6 Å². The Hall–Kier alpha value is -3.86. The molecular weight excluding hydrogens is 378 g/mol. The number of rotatable bonds is 8. The number of ether oxygens (including phenoxy) is 2. The number of benzene rings is 3. The number of nitrogens with one attached hydrogen (secondary N) is 1. The van der Waals surface area contributed by atoms with Gasteiger partial charge in [-0.2, -0.15) is 0 Å². The molecule has 5 nitrogen and oxygen atoms in total. The van der Waals surface area contributed by atoms with E-state index in [-0.39, 0.29) is 0 Å². The summed E-state index contributed by atoms with van der Waals surface area (Å²) in [6, 6.07) is 26.3. The van der Waals surface area contributed by atoms with Crippen molar-refractivity contribution in [2.75, 3.05) is 5.32 Å². The Morgan fingerprint density at radius 1 is 0.900 bits per heavy atom. The van der Waals surface area contributed by atoms with Crippen LogP contribution in [0.4, 0.5) is 5.69 Å². The number of esters is 1. The molecule has 0 spiro atoms. The average molecular weight is 401 g/mol. The summed E-state index contributed by atoms with van der Waals surface area (Å²) in [5.74, 6) is -0.289. The van der Waals surface area contributed by atoms with Gasteiger partial charge in [0.2, 0.25) is 0 Å². The summed E-state index contributed by atoms with van der Waals surface area (Å²) in [5, 5.41) is 2.73. The van der Waals surface area contributed by atoms with Crippen LogP contribution < -0.4 is 10.1 Å². The molecule has 1 N–H and O–H groups in total. The molecule has 0 bridgehead atoms. The molecule has 1 unspecified atom stereocenters. The van der Waals surface area contributed by atoms with E-state index in [0.717, 1.165) is 11.1 Å². The molecule has 0 aliphatic carbocycles. The van der Waals surface area contributed by atoms with E-state index in [2.05, 4.69) is 5.32 Å². The summed E-state index contributed by atoms with van der Waals surface area (Å²) in [6.07, 6.45) is 2.02. The first-order valence-electron chi connectivity index (χ1n) is 9.61. The number of anilines is 1. The Morgan fingerprint density at radius 2 is 1.53 bits per heavy atom. The molecule has 0 saturated heterocycles. The van der Waals surface area contributed by atoms with Crippen molar-refractivity contribution in [3.63, 3.8) is 0 Å². The lowest BCUT2D eigenvalue weighted by Gasteiger charge is -2.13. The molecule has 0 aromatic heterocycles. The molecule has 0 heterocycles. The van der Waals surface area contributed by atoms with Gasteiger partial charge in [-0.25, -0.2) is 4.79 Å². The van der Waals surface area contributed by atoms with E-state index in [9.17, 15) is 9.59 Å². The summed E-state index contributed by atoms with van der Waals surface area (Å²) in [6.45, 7) is 2.00. The highest BCUT2D eigenvalue weighted by Crippen LogP contribution is 2.17. The molecule has 0 fully saturated rings. The highest BCUT2D eigenvalue weighted by Gasteiger charge is 2.16. The van der Waals surface area contributed by atoms with Crippen molar-refractivity contribution in [1.29, 1.82) is 0 Å². The van der Waals surface area contributed by atoms with Crippen LogP contribution in [-0.2, 0) is 20.9 Å². The number of amides is 1. The lowest BCUT2D eigenvalue weighted by atomic mass is 10.2. The number of hydrogen-bond acceptors (Lipinski definition) is 4. The van der Waals surface area contributed by atoms with Gasteiger partial charge in [0, 0.05) is 11.8 Å². The van der Waals surface area contributed by atoms with E-state index in [0.29, 0.717) is 18.0 Å². The summed E-state index contributed by atoms with van der Waals surface area (Å²) in [4.78, 5) is 24.2. The number of carbonyl (C=O) groups excluding carboxylic acids is 2. The van der Waals surface area contributed by atoms with Gasteiger partial charge in [0.1, 0.15) is 12.4 Å². The molecule has 0 radical (unpaired) electrons. The number of carbonyl (C=O) groups is 2. The second kappa shape index (κ2) is 10.6. The molecule has 3 aromatic rings. The zero-order chi connectivity index (χ0) is 21.2. The van der Waals surface area contributed by atoms with Gasteiger partial charge in [-0.05, 0) is 48.4 Å². The van der Waals surface area contributed by atoms with Crippen molar-refractivity contribution in [2.24, 2.45) is 0 Å². The van der Waals surface area contributed by atoms with Crippen molar-refractivity contribution in [3.05, 3.63) is 102 Å². The van der Waals surface area contributed by atoms with Gasteiger partial charge in [-0.1, -0.05) is 60.7 Å². The lowest BCUT2D eigenvalue weighted by Crippen LogP contribution is -2.29. The Kier molecular flexibility index (Phi) is 7.39. The van der Waals surface area contributed by atoms with Crippen LogP contribution in [0, 0.1) is 0 Å². The molecule has 0 saturated carbocycles. The third-order valence-electron chi connectivity index (χ3n) is 4.24.